The number of nitrogens with zero attached hydrogens (tertiary/aromatic N) is 1. The Hall–Kier alpha value is -3.09. The average molecular weight is 317 g/mol. The number of carbonyl (C=O) groups excluding carboxylic acids is 1. The quantitative estimate of drug-likeness (QED) is 0.462. The first kappa shape index (κ1) is 16.3. The first-order chi connectivity index (χ1) is 11.0. The summed E-state index contributed by atoms with van der Waals surface area (Å²) in [6, 6.07) is 10.6. The Kier molecular flexibility index (Phi) is 5.14. The maximum Gasteiger partial charge on any atom is 0.342 e. The van der Waals surface area contributed by atoms with Gasteiger partial charge in [-0.25, -0.2) is 4.79 Å². The third kappa shape index (κ3) is 3.97. The summed E-state index contributed by atoms with van der Waals surface area (Å²) in [7, 11) is 2.95. The lowest BCUT2D eigenvalue weighted by Gasteiger charge is -2.10. The van der Waals surface area contributed by atoms with Gasteiger partial charge in [-0.1, -0.05) is 0 Å². The largest absolute Gasteiger partial charge is 0.497 e. The summed E-state index contributed by atoms with van der Waals surface area (Å²) < 4.78 is 15.4. The van der Waals surface area contributed by atoms with E-state index in [0.717, 1.165) is 0 Å². The molecule has 0 amide bonds. The van der Waals surface area contributed by atoms with Crippen molar-refractivity contribution < 1.29 is 23.9 Å². The molecule has 120 valence electrons. The molecular formula is C16H15NO6. The summed E-state index contributed by atoms with van der Waals surface area (Å²) in [6.45, 7) is -0.00279. The molecule has 0 saturated carbocycles. The summed E-state index contributed by atoms with van der Waals surface area (Å²) in [6.07, 6.45) is 0. The van der Waals surface area contributed by atoms with Crippen LogP contribution in [0.25, 0.3) is 0 Å². The number of nitro groups is 1. The van der Waals surface area contributed by atoms with Crippen molar-refractivity contribution in [3.05, 3.63) is 63.7 Å². The standard InChI is InChI=1S/C16H15NO6/c1-21-13-7-8-15(22-2)14(9-13)16(18)23-10-11-3-5-12(6-4-11)17(19)20/h3-9H,10H2,1-2H3. The zero-order valence-corrected chi connectivity index (χ0v) is 12.6. The van der Waals surface area contributed by atoms with Gasteiger partial charge in [0.25, 0.3) is 5.69 Å². The molecule has 0 atom stereocenters. The first-order valence-corrected chi connectivity index (χ1v) is 6.67. The van der Waals surface area contributed by atoms with Gasteiger partial charge in [0, 0.05) is 12.1 Å². The van der Waals surface area contributed by atoms with Crippen LogP contribution in [-0.4, -0.2) is 25.1 Å². The fourth-order valence-electron chi connectivity index (χ4n) is 1.91. The minimum atomic E-state index is -0.570. The molecule has 0 unspecified atom stereocenters. The molecule has 2 aromatic carbocycles. The average Bonchev–Trinajstić information content (AvgIpc) is 2.59. The third-order valence-corrected chi connectivity index (χ3v) is 3.14. The predicted molar refractivity (Wildman–Crippen MR) is 81.8 cm³/mol. The fourth-order valence-corrected chi connectivity index (χ4v) is 1.91. The van der Waals surface area contributed by atoms with Crippen molar-refractivity contribution in [2.75, 3.05) is 14.2 Å². The van der Waals surface area contributed by atoms with Crippen LogP contribution >= 0.6 is 0 Å². The number of hydrogen-bond acceptors (Lipinski definition) is 6. The summed E-state index contributed by atoms with van der Waals surface area (Å²) in [5, 5.41) is 10.6. The van der Waals surface area contributed by atoms with Crippen LogP contribution < -0.4 is 9.47 Å². The maximum absolute atomic E-state index is 12.2. The molecule has 23 heavy (non-hydrogen) atoms. The Morgan fingerprint density at radius 3 is 2.35 bits per heavy atom. The summed E-state index contributed by atoms with van der Waals surface area (Å²) in [5.41, 5.74) is 0.870. The second-order valence-electron chi connectivity index (χ2n) is 4.57. The smallest absolute Gasteiger partial charge is 0.342 e. The monoisotopic (exact) mass is 317 g/mol. The first-order valence-electron chi connectivity index (χ1n) is 6.67. The Labute approximate surface area is 132 Å². The number of hydrogen-bond donors (Lipinski definition) is 0. The van der Waals surface area contributed by atoms with E-state index in [2.05, 4.69) is 0 Å². The lowest BCUT2D eigenvalue weighted by atomic mass is 10.2. The van der Waals surface area contributed by atoms with Gasteiger partial charge in [0.05, 0.1) is 19.1 Å². The van der Waals surface area contributed by atoms with E-state index in [9.17, 15) is 14.9 Å². The van der Waals surface area contributed by atoms with Crippen LogP contribution in [0.4, 0.5) is 5.69 Å². The van der Waals surface area contributed by atoms with Crippen molar-refractivity contribution in [2.24, 2.45) is 0 Å². The van der Waals surface area contributed by atoms with Crippen molar-refractivity contribution in [1.82, 2.24) is 0 Å². The van der Waals surface area contributed by atoms with Gasteiger partial charge in [-0.2, -0.15) is 0 Å². The molecule has 0 spiro atoms. The third-order valence-electron chi connectivity index (χ3n) is 3.14. The molecule has 0 aliphatic carbocycles. The van der Waals surface area contributed by atoms with E-state index >= 15 is 0 Å². The Morgan fingerprint density at radius 2 is 1.78 bits per heavy atom. The number of methoxy groups -OCH3 is 2. The van der Waals surface area contributed by atoms with Crippen LogP contribution in [0.5, 0.6) is 11.5 Å². The van der Waals surface area contributed by atoms with E-state index < -0.39 is 10.9 Å². The number of carbonyl (C=O) groups is 1. The SMILES string of the molecule is COc1ccc(OC)c(C(=O)OCc2ccc([N+](=O)[O-])cc2)c1. The number of benzene rings is 2. The van der Waals surface area contributed by atoms with E-state index in [1.165, 1.54) is 44.6 Å². The van der Waals surface area contributed by atoms with Crippen molar-refractivity contribution in [3.8, 4) is 11.5 Å². The van der Waals surface area contributed by atoms with Crippen molar-refractivity contribution in [1.29, 1.82) is 0 Å². The molecule has 0 fully saturated rings. The van der Waals surface area contributed by atoms with Crippen LogP contribution in [0.2, 0.25) is 0 Å². The Morgan fingerprint density at radius 1 is 1.09 bits per heavy atom. The minimum Gasteiger partial charge on any atom is -0.497 e. The van der Waals surface area contributed by atoms with Crippen molar-refractivity contribution in [3.63, 3.8) is 0 Å². The van der Waals surface area contributed by atoms with Crippen molar-refractivity contribution >= 4 is 11.7 Å². The van der Waals surface area contributed by atoms with Gasteiger partial charge in [0.2, 0.25) is 0 Å². The summed E-state index contributed by atoms with van der Waals surface area (Å²) in [4.78, 5) is 22.3. The van der Waals surface area contributed by atoms with Crippen LogP contribution in [0, 0.1) is 10.1 Å². The molecule has 2 aromatic rings. The normalized spacial score (nSPS) is 10.0. The maximum atomic E-state index is 12.2. The molecule has 7 nitrogen and oxygen atoms in total. The molecule has 0 aromatic heterocycles. The number of non-ortho nitro benzene ring substituents is 1. The van der Waals surface area contributed by atoms with Crippen molar-refractivity contribution in [2.45, 2.75) is 6.61 Å². The zero-order chi connectivity index (χ0) is 16.8. The molecular weight excluding hydrogens is 302 g/mol. The highest BCUT2D eigenvalue weighted by atomic mass is 16.6. The van der Waals surface area contributed by atoms with E-state index in [4.69, 9.17) is 14.2 Å². The van der Waals surface area contributed by atoms with E-state index in [-0.39, 0.29) is 17.9 Å². The van der Waals surface area contributed by atoms with Crippen LogP contribution in [0.1, 0.15) is 15.9 Å². The Bertz CT molecular complexity index is 711. The second kappa shape index (κ2) is 7.26. The molecule has 0 N–H and O–H groups in total. The molecule has 0 radical (unpaired) electrons. The lowest BCUT2D eigenvalue weighted by molar-refractivity contribution is -0.384. The number of nitro benzene ring substituents is 1. The molecule has 0 aliphatic heterocycles. The van der Waals surface area contributed by atoms with Gasteiger partial charge < -0.3 is 14.2 Å². The highest BCUT2D eigenvalue weighted by Crippen LogP contribution is 2.25. The van der Waals surface area contributed by atoms with Gasteiger partial charge in [0.1, 0.15) is 23.7 Å². The fraction of sp³-hybridized carbons (Fsp3) is 0.188. The van der Waals surface area contributed by atoms with Crippen LogP contribution in [-0.2, 0) is 11.3 Å². The highest BCUT2D eigenvalue weighted by molar-refractivity contribution is 5.93. The molecule has 0 saturated heterocycles. The van der Waals surface area contributed by atoms with Crippen LogP contribution in [0.3, 0.4) is 0 Å². The Balaban J connectivity index is 2.08. The van der Waals surface area contributed by atoms with Gasteiger partial charge in [-0.15, -0.1) is 0 Å². The molecule has 7 heteroatoms. The van der Waals surface area contributed by atoms with Gasteiger partial charge >= 0.3 is 5.97 Å². The number of ether oxygens (including phenoxy) is 3. The summed E-state index contributed by atoms with van der Waals surface area (Å²) in [5.74, 6) is 0.312. The number of rotatable bonds is 6. The molecule has 0 aliphatic rings. The van der Waals surface area contributed by atoms with E-state index in [1.54, 1.807) is 12.1 Å². The van der Waals surface area contributed by atoms with E-state index in [0.29, 0.717) is 17.1 Å². The van der Waals surface area contributed by atoms with Gasteiger partial charge in [-0.05, 0) is 35.9 Å². The van der Waals surface area contributed by atoms with Gasteiger partial charge in [-0.3, -0.25) is 10.1 Å². The van der Waals surface area contributed by atoms with Gasteiger partial charge in [0.15, 0.2) is 0 Å². The second-order valence-corrected chi connectivity index (χ2v) is 4.57. The summed E-state index contributed by atoms with van der Waals surface area (Å²) >= 11 is 0. The highest BCUT2D eigenvalue weighted by Gasteiger charge is 2.15. The topological polar surface area (TPSA) is 87.9 Å². The predicted octanol–water partition coefficient (Wildman–Crippen LogP) is 2.97. The minimum absolute atomic E-state index is 0.00279. The molecule has 0 bridgehead atoms. The molecule has 0 heterocycles. The lowest BCUT2D eigenvalue weighted by Crippen LogP contribution is -2.07. The zero-order valence-electron chi connectivity index (χ0n) is 12.6. The molecule has 2 rings (SSSR count). The number of esters is 1. The van der Waals surface area contributed by atoms with E-state index in [1.807, 2.05) is 0 Å². The van der Waals surface area contributed by atoms with Crippen LogP contribution in [0.15, 0.2) is 42.5 Å².